The van der Waals surface area contributed by atoms with E-state index in [0.29, 0.717) is 0 Å². The van der Waals surface area contributed by atoms with Crippen molar-refractivity contribution in [3.05, 3.63) is 0 Å². The maximum absolute atomic E-state index is 11.3. The SMILES string of the molecule is C=N[C@H](C(=O)O)C12CC3CC(CC(C3)C1)C2. The molecule has 0 aromatic rings. The standard InChI is InChI=1S/C13H19NO2/c1-14-11(12(15)16)13-5-8-2-9(6-13)4-10(3-8)7-13/h8-11H,1-7H2,(H,15,16)/t8?,9?,10?,11-,13?/m1/s1. The zero-order chi connectivity index (χ0) is 11.3. The molecule has 4 fully saturated rings. The monoisotopic (exact) mass is 221 g/mol. The van der Waals surface area contributed by atoms with E-state index in [1.807, 2.05) is 0 Å². The highest BCUT2D eigenvalue weighted by atomic mass is 16.4. The topological polar surface area (TPSA) is 49.7 Å². The van der Waals surface area contributed by atoms with Gasteiger partial charge in [-0.05, 0) is 63.0 Å². The highest BCUT2D eigenvalue weighted by Gasteiger charge is 2.55. The van der Waals surface area contributed by atoms with E-state index in [-0.39, 0.29) is 5.41 Å². The molecule has 4 bridgehead atoms. The Morgan fingerprint density at radius 1 is 1.19 bits per heavy atom. The second-order valence-electron chi connectivity index (χ2n) is 6.20. The number of carboxylic acids is 1. The van der Waals surface area contributed by atoms with Crippen LogP contribution in [0.4, 0.5) is 0 Å². The summed E-state index contributed by atoms with van der Waals surface area (Å²) in [6.07, 6.45) is 7.24. The smallest absolute Gasteiger partial charge is 0.328 e. The van der Waals surface area contributed by atoms with Crippen molar-refractivity contribution in [2.24, 2.45) is 28.2 Å². The van der Waals surface area contributed by atoms with E-state index in [1.54, 1.807) is 0 Å². The quantitative estimate of drug-likeness (QED) is 0.744. The number of carbonyl (C=O) groups is 1. The van der Waals surface area contributed by atoms with Crippen molar-refractivity contribution in [3.63, 3.8) is 0 Å². The van der Waals surface area contributed by atoms with Gasteiger partial charge in [0, 0.05) is 5.41 Å². The molecule has 3 heteroatoms. The molecule has 88 valence electrons. The molecule has 0 spiro atoms. The zero-order valence-electron chi connectivity index (χ0n) is 9.56. The van der Waals surface area contributed by atoms with Crippen LogP contribution in [-0.4, -0.2) is 23.8 Å². The number of hydrogen-bond acceptors (Lipinski definition) is 2. The van der Waals surface area contributed by atoms with E-state index >= 15 is 0 Å². The van der Waals surface area contributed by atoms with Gasteiger partial charge in [-0.25, -0.2) is 4.79 Å². The third-order valence-corrected chi connectivity index (χ3v) is 5.08. The second kappa shape index (κ2) is 3.31. The Kier molecular flexibility index (Phi) is 2.13. The Balaban J connectivity index is 1.93. The van der Waals surface area contributed by atoms with E-state index in [4.69, 9.17) is 0 Å². The lowest BCUT2D eigenvalue weighted by Crippen LogP contribution is -2.53. The predicted octanol–water partition coefficient (Wildman–Crippen LogP) is 2.36. The Hall–Kier alpha value is -0.860. The summed E-state index contributed by atoms with van der Waals surface area (Å²) in [5, 5.41) is 9.30. The Morgan fingerprint density at radius 2 is 1.62 bits per heavy atom. The van der Waals surface area contributed by atoms with Crippen LogP contribution in [0.5, 0.6) is 0 Å². The first-order valence-electron chi connectivity index (χ1n) is 6.31. The molecule has 0 saturated heterocycles. The Morgan fingerprint density at radius 3 is 1.94 bits per heavy atom. The summed E-state index contributed by atoms with van der Waals surface area (Å²) in [6.45, 7) is 3.51. The van der Waals surface area contributed by atoms with Crippen molar-refractivity contribution in [1.29, 1.82) is 0 Å². The molecule has 0 unspecified atom stereocenters. The van der Waals surface area contributed by atoms with Crippen molar-refractivity contribution in [1.82, 2.24) is 0 Å². The molecule has 0 amide bonds. The number of carboxylic acid groups (broad SMARTS) is 1. The molecule has 0 aliphatic heterocycles. The average Bonchev–Trinajstić information content (AvgIpc) is 2.14. The van der Waals surface area contributed by atoms with Crippen LogP contribution >= 0.6 is 0 Å². The van der Waals surface area contributed by atoms with Crippen molar-refractivity contribution in [2.75, 3.05) is 0 Å². The minimum Gasteiger partial charge on any atom is -0.480 e. The van der Waals surface area contributed by atoms with Gasteiger partial charge in [-0.1, -0.05) is 0 Å². The van der Waals surface area contributed by atoms with Gasteiger partial charge in [-0.15, -0.1) is 0 Å². The summed E-state index contributed by atoms with van der Waals surface area (Å²) >= 11 is 0. The normalized spacial score (nSPS) is 46.6. The second-order valence-corrected chi connectivity index (χ2v) is 6.20. The lowest BCUT2D eigenvalue weighted by atomic mass is 9.48. The van der Waals surface area contributed by atoms with Gasteiger partial charge in [-0.3, -0.25) is 4.99 Å². The zero-order valence-corrected chi connectivity index (χ0v) is 9.56. The number of hydrogen-bond donors (Lipinski definition) is 1. The van der Waals surface area contributed by atoms with Crippen LogP contribution in [0.25, 0.3) is 0 Å². The van der Waals surface area contributed by atoms with Crippen LogP contribution in [0.15, 0.2) is 4.99 Å². The van der Waals surface area contributed by atoms with Gasteiger partial charge in [0.2, 0.25) is 0 Å². The molecule has 0 radical (unpaired) electrons. The average molecular weight is 221 g/mol. The Bertz CT molecular complexity index is 302. The van der Waals surface area contributed by atoms with E-state index in [0.717, 1.165) is 37.0 Å². The van der Waals surface area contributed by atoms with E-state index in [2.05, 4.69) is 11.7 Å². The molecule has 4 aliphatic carbocycles. The maximum Gasteiger partial charge on any atom is 0.328 e. The molecule has 4 aliphatic rings. The van der Waals surface area contributed by atoms with Crippen molar-refractivity contribution in [3.8, 4) is 0 Å². The minimum atomic E-state index is -0.767. The number of nitrogens with zero attached hydrogens (tertiary/aromatic N) is 1. The maximum atomic E-state index is 11.3. The first-order valence-corrected chi connectivity index (χ1v) is 6.31. The molecule has 0 aromatic heterocycles. The summed E-state index contributed by atoms with van der Waals surface area (Å²) in [6, 6.07) is -0.555. The lowest BCUT2D eigenvalue weighted by Gasteiger charge is -2.57. The first kappa shape index (κ1) is 10.3. The van der Waals surface area contributed by atoms with Crippen LogP contribution in [0.2, 0.25) is 0 Å². The molecular formula is C13H19NO2. The van der Waals surface area contributed by atoms with E-state index < -0.39 is 12.0 Å². The summed E-state index contributed by atoms with van der Waals surface area (Å²) in [5.74, 6) is 1.55. The largest absolute Gasteiger partial charge is 0.480 e. The van der Waals surface area contributed by atoms with Crippen LogP contribution in [0, 0.1) is 23.2 Å². The van der Waals surface area contributed by atoms with Crippen molar-refractivity contribution < 1.29 is 9.90 Å². The molecule has 3 nitrogen and oxygen atoms in total. The van der Waals surface area contributed by atoms with E-state index in [9.17, 15) is 9.90 Å². The fourth-order valence-electron chi connectivity index (χ4n) is 5.05. The number of aliphatic imine (C=N–C) groups is 1. The summed E-state index contributed by atoms with van der Waals surface area (Å²) in [7, 11) is 0. The van der Waals surface area contributed by atoms with Crippen molar-refractivity contribution >= 4 is 12.7 Å². The number of rotatable bonds is 3. The first-order chi connectivity index (χ1) is 7.63. The lowest BCUT2D eigenvalue weighted by molar-refractivity contribution is -0.148. The van der Waals surface area contributed by atoms with Gasteiger partial charge in [-0.2, -0.15) is 0 Å². The minimum absolute atomic E-state index is 0.0394. The fourth-order valence-corrected chi connectivity index (χ4v) is 5.05. The van der Waals surface area contributed by atoms with Gasteiger partial charge in [0.25, 0.3) is 0 Å². The van der Waals surface area contributed by atoms with Crippen LogP contribution in [-0.2, 0) is 4.79 Å². The third-order valence-electron chi connectivity index (χ3n) is 5.08. The molecule has 0 heterocycles. The predicted molar refractivity (Wildman–Crippen MR) is 61.6 cm³/mol. The summed E-state index contributed by atoms with van der Waals surface area (Å²) < 4.78 is 0. The molecule has 4 saturated carbocycles. The van der Waals surface area contributed by atoms with Crippen molar-refractivity contribution in [2.45, 2.75) is 44.6 Å². The Labute approximate surface area is 96.0 Å². The molecule has 16 heavy (non-hydrogen) atoms. The molecule has 1 atom stereocenters. The van der Waals surface area contributed by atoms with Gasteiger partial charge in [0.15, 0.2) is 6.04 Å². The third kappa shape index (κ3) is 1.33. The van der Waals surface area contributed by atoms with Gasteiger partial charge in [0.05, 0.1) is 0 Å². The highest BCUT2D eigenvalue weighted by Crippen LogP contribution is 2.61. The molecule has 0 aromatic carbocycles. The molecular weight excluding hydrogens is 202 g/mol. The van der Waals surface area contributed by atoms with Crippen LogP contribution < -0.4 is 0 Å². The van der Waals surface area contributed by atoms with Crippen LogP contribution in [0.1, 0.15) is 38.5 Å². The highest BCUT2D eigenvalue weighted by molar-refractivity contribution is 5.75. The molecule has 4 rings (SSSR count). The van der Waals surface area contributed by atoms with Gasteiger partial charge >= 0.3 is 5.97 Å². The van der Waals surface area contributed by atoms with Gasteiger partial charge < -0.3 is 5.11 Å². The fraction of sp³-hybridized carbons (Fsp3) is 0.846. The van der Waals surface area contributed by atoms with Crippen LogP contribution in [0.3, 0.4) is 0 Å². The number of aliphatic carboxylic acids is 1. The van der Waals surface area contributed by atoms with Gasteiger partial charge in [0.1, 0.15) is 0 Å². The van der Waals surface area contributed by atoms with E-state index in [1.165, 1.54) is 19.3 Å². The summed E-state index contributed by atoms with van der Waals surface area (Å²) in [4.78, 5) is 15.2. The summed E-state index contributed by atoms with van der Waals surface area (Å²) in [5.41, 5.74) is -0.0394. The molecule has 1 N–H and O–H groups in total.